The van der Waals surface area contributed by atoms with E-state index in [9.17, 15) is 9.59 Å². The van der Waals surface area contributed by atoms with E-state index in [1.807, 2.05) is 18.2 Å². The molecule has 0 saturated carbocycles. The molecule has 0 radical (unpaired) electrons. The van der Waals surface area contributed by atoms with Crippen LogP contribution in [-0.2, 0) is 11.3 Å². The topological polar surface area (TPSA) is 82.0 Å². The van der Waals surface area contributed by atoms with Crippen LogP contribution in [0.4, 0.5) is 0 Å². The van der Waals surface area contributed by atoms with Crippen molar-refractivity contribution in [2.24, 2.45) is 0 Å². The molecule has 0 aliphatic rings. The van der Waals surface area contributed by atoms with Crippen molar-refractivity contribution in [2.75, 3.05) is 6.54 Å². The van der Waals surface area contributed by atoms with Crippen molar-refractivity contribution in [1.29, 1.82) is 5.26 Å². The highest BCUT2D eigenvalue weighted by atomic mass is 79.9. The Kier molecular flexibility index (Phi) is 5.89. The Hall–Kier alpha value is -2.65. The molecule has 5 nitrogen and oxygen atoms in total. The van der Waals surface area contributed by atoms with Gasteiger partial charge in [0.2, 0.25) is 5.91 Å². The smallest absolute Gasteiger partial charge is 0.251 e. The second-order valence-corrected chi connectivity index (χ2v) is 5.70. The van der Waals surface area contributed by atoms with Crippen molar-refractivity contribution in [3.63, 3.8) is 0 Å². The normalized spacial score (nSPS) is 9.74. The molecular formula is C17H14BrN3O2. The Labute approximate surface area is 142 Å². The summed E-state index contributed by atoms with van der Waals surface area (Å²) < 4.78 is 0.798. The van der Waals surface area contributed by atoms with E-state index in [4.69, 9.17) is 5.26 Å². The predicted molar refractivity (Wildman–Crippen MR) is 89.5 cm³/mol. The van der Waals surface area contributed by atoms with Crippen LogP contribution in [0.2, 0.25) is 0 Å². The van der Waals surface area contributed by atoms with Gasteiger partial charge in [0.1, 0.15) is 0 Å². The van der Waals surface area contributed by atoms with Gasteiger partial charge in [-0.1, -0.05) is 34.1 Å². The van der Waals surface area contributed by atoms with Crippen LogP contribution in [-0.4, -0.2) is 18.4 Å². The summed E-state index contributed by atoms with van der Waals surface area (Å²) in [6.07, 6.45) is 0. The molecule has 0 saturated heterocycles. The van der Waals surface area contributed by atoms with E-state index in [1.165, 1.54) is 0 Å². The fourth-order valence-electron chi connectivity index (χ4n) is 1.91. The van der Waals surface area contributed by atoms with Crippen molar-refractivity contribution < 1.29 is 9.59 Å². The maximum atomic E-state index is 11.9. The van der Waals surface area contributed by atoms with Crippen LogP contribution >= 0.6 is 15.9 Å². The third-order valence-corrected chi connectivity index (χ3v) is 3.54. The van der Waals surface area contributed by atoms with Crippen LogP contribution in [0, 0.1) is 11.3 Å². The summed E-state index contributed by atoms with van der Waals surface area (Å²) in [5.74, 6) is -0.608. The fourth-order valence-corrected chi connectivity index (χ4v) is 2.31. The van der Waals surface area contributed by atoms with Gasteiger partial charge in [-0.3, -0.25) is 9.59 Å². The first-order chi connectivity index (χ1) is 11.1. The molecular weight excluding hydrogens is 358 g/mol. The lowest BCUT2D eigenvalue weighted by Gasteiger charge is -2.07. The largest absolute Gasteiger partial charge is 0.350 e. The monoisotopic (exact) mass is 371 g/mol. The van der Waals surface area contributed by atoms with E-state index in [-0.39, 0.29) is 18.4 Å². The zero-order chi connectivity index (χ0) is 16.7. The van der Waals surface area contributed by atoms with E-state index in [0.29, 0.717) is 17.7 Å². The molecule has 2 N–H and O–H groups in total. The summed E-state index contributed by atoms with van der Waals surface area (Å²) in [5, 5.41) is 14.1. The maximum Gasteiger partial charge on any atom is 0.251 e. The van der Waals surface area contributed by atoms with Crippen LogP contribution in [0.3, 0.4) is 0 Å². The van der Waals surface area contributed by atoms with Gasteiger partial charge in [0.05, 0.1) is 18.2 Å². The molecule has 2 aromatic rings. The number of hydrogen-bond donors (Lipinski definition) is 2. The molecule has 0 unspecified atom stereocenters. The van der Waals surface area contributed by atoms with Crippen LogP contribution < -0.4 is 10.6 Å². The second-order valence-electron chi connectivity index (χ2n) is 4.78. The van der Waals surface area contributed by atoms with Gasteiger partial charge in [-0.15, -0.1) is 0 Å². The number of nitriles is 1. The van der Waals surface area contributed by atoms with Gasteiger partial charge in [0.15, 0.2) is 0 Å². The molecule has 0 fully saturated rings. The van der Waals surface area contributed by atoms with E-state index >= 15 is 0 Å². The number of amides is 2. The summed E-state index contributed by atoms with van der Waals surface area (Å²) in [6.45, 7) is 0.199. The lowest BCUT2D eigenvalue weighted by atomic mass is 10.1. The lowest BCUT2D eigenvalue weighted by Crippen LogP contribution is -2.36. The Bertz CT molecular complexity index is 768. The molecule has 2 aromatic carbocycles. The molecule has 0 spiro atoms. The zero-order valence-electron chi connectivity index (χ0n) is 12.2. The molecule has 0 atom stereocenters. The van der Waals surface area contributed by atoms with Crippen molar-refractivity contribution in [3.8, 4) is 6.07 Å². The first-order valence-electron chi connectivity index (χ1n) is 6.88. The van der Waals surface area contributed by atoms with Gasteiger partial charge < -0.3 is 10.6 Å². The van der Waals surface area contributed by atoms with E-state index in [1.54, 1.807) is 36.4 Å². The molecule has 6 heteroatoms. The number of benzene rings is 2. The van der Waals surface area contributed by atoms with E-state index < -0.39 is 0 Å². The molecule has 116 valence electrons. The maximum absolute atomic E-state index is 11.9. The first-order valence-corrected chi connectivity index (χ1v) is 7.67. The number of carbonyl (C=O) groups excluding carboxylic acids is 2. The molecule has 23 heavy (non-hydrogen) atoms. The highest BCUT2D eigenvalue weighted by molar-refractivity contribution is 9.10. The first kappa shape index (κ1) is 16.7. The van der Waals surface area contributed by atoms with Gasteiger partial charge in [0.25, 0.3) is 5.91 Å². The third kappa shape index (κ3) is 5.24. The Balaban J connectivity index is 1.81. The standard InChI is InChI=1S/C17H14BrN3O2/c18-15-6-2-5-14(8-15)17(23)21-11-16(22)20-10-13-4-1-3-12(7-13)9-19/h1-8H,10-11H2,(H,20,22)(H,21,23). The van der Waals surface area contributed by atoms with Crippen LogP contribution in [0.5, 0.6) is 0 Å². The number of nitrogens with one attached hydrogen (secondary N) is 2. The molecule has 2 rings (SSSR count). The van der Waals surface area contributed by atoms with Gasteiger partial charge in [-0.25, -0.2) is 0 Å². The van der Waals surface area contributed by atoms with E-state index in [0.717, 1.165) is 10.0 Å². The third-order valence-electron chi connectivity index (χ3n) is 3.04. The molecule has 0 heterocycles. The highest BCUT2D eigenvalue weighted by Gasteiger charge is 2.08. The highest BCUT2D eigenvalue weighted by Crippen LogP contribution is 2.11. The summed E-state index contributed by atoms with van der Waals surface area (Å²) in [7, 11) is 0. The van der Waals surface area contributed by atoms with E-state index in [2.05, 4.69) is 26.6 Å². The minimum absolute atomic E-state index is 0.108. The van der Waals surface area contributed by atoms with Gasteiger partial charge in [-0.2, -0.15) is 5.26 Å². The number of carbonyl (C=O) groups is 2. The Morgan fingerprint density at radius 2 is 1.87 bits per heavy atom. The molecule has 2 amide bonds. The average molecular weight is 372 g/mol. The summed E-state index contributed by atoms with van der Waals surface area (Å²) >= 11 is 3.29. The Morgan fingerprint density at radius 3 is 2.61 bits per heavy atom. The van der Waals surface area contributed by atoms with Gasteiger partial charge in [0, 0.05) is 16.6 Å². The van der Waals surface area contributed by atoms with Gasteiger partial charge >= 0.3 is 0 Å². The minimum atomic E-state index is -0.312. The molecule has 0 aliphatic carbocycles. The fraction of sp³-hybridized carbons (Fsp3) is 0.118. The number of hydrogen-bond acceptors (Lipinski definition) is 3. The molecule has 0 aromatic heterocycles. The molecule has 0 bridgehead atoms. The predicted octanol–water partition coefficient (Wildman–Crippen LogP) is 2.37. The van der Waals surface area contributed by atoms with Crippen molar-refractivity contribution in [1.82, 2.24) is 10.6 Å². The SMILES string of the molecule is N#Cc1cccc(CNC(=O)CNC(=O)c2cccc(Br)c2)c1. The number of nitrogens with zero attached hydrogens (tertiary/aromatic N) is 1. The Morgan fingerprint density at radius 1 is 1.09 bits per heavy atom. The van der Waals surface area contributed by atoms with Crippen LogP contribution in [0.15, 0.2) is 53.0 Å². The molecule has 0 aliphatic heterocycles. The van der Waals surface area contributed by atoms with Crippen LogP contribution in [0.1, 0.15) is 21.5 Å². The quantitative estimate of drug-likeness (QED) is 0.846. The van der Waals surface area contributed by atoms with Crippen molar-refractivity contribution in [3.05, 3.63) is 69.7 Å². The zero-order valence-corrected chi connectivity index (χ0v) is 13.8. The summed E-state index contributed by atoms with van der Waals surface area (Å²) in [4.78, 5) is 23.7. The average Bonchev–Trinajstić information content (AvgIpc) is 2.58. The van der Waals surface area contributed by atoms with Crippen molar-refractivity contribution in [2.45, 2.75) is 6.54 Å². The van der Waals surface area contributed by atoms with Crippen molar-refractivity contribution >= 4 is 27.7 Å². The minimum Gasteiger partial charge on any atom is -0.350 e. The number of halogens is 1. The van der Waals surface area contributed by atoms with Crippen LogP contribution in [0.25, 0.3) is 0 Å². The number of rotatable bonds is 5. The second kappa shape index (κ2) is 8.11. The van der Waals surface area contributed by atoms with Gasteiger partial charge in [-0.05, 0) is 35.9 Å². The summed E-state index contributed by atoms with van der Waals surface area (Å²) in [5.41, 5.74) is 1.85. The lowest BCUT2D eigenvalue weighted by molar-refractivity contribution is -0.120. The summed E-state index contributed by atoms with van der Waals surface area (Å²) in [6, 6.07) is 16.0.